The Bertz CT molecular complexity index is 774. The molecule has 0 rings (SSSR count). The van der Waals surface area contributed by atoms with Crippen molar-refractivity contribution in [1.82, 2.24) is 0 Å². The van der Waals surface area contributed by atoms with E-state index in [-0.39, 0.29) is 17.3 Å². The molecule has 0 heterocycles. The first-order chi connectivity index (χ1) is 18.8. The fraction of sp³-hybridized carbons (Fsp3) is 0.727. The maximum atomic E-state index is 13.2. The molecule has 0 aliphatic rings. The van der Waals surface area contributed by atoms with E-state index in [1.54, 1.807) is 20.8 Å². The number of carbonyl (C=O) groups is 3. The summed E-state index contributed by atoms with van der Waals surface area (Å²) in [5, 5.41) is 0. The zero-order chi connectivity index (χ0) is 31.1. The molecule has 0 radical (unpaired) electrons. The van der Waals surface area contributed by atoms with Crippen LogP contribution in [-0.2, 0) is 25.7 Å². The average Bonchev–Trinajstić information content (AvgIpc) is 2.92. The smallest absolute Gasteiger partial charge is 0.580 e. The van der Waals surface area contributed by atoms with Crippen LogP contribution in [0.1, 0.15) is 141 Å². The zero-order valence-corrected chi connectivity index (χ0v) is 28.8. The van der Waals surface area contributed by atoms with Crippen molar-refractivity contribution in [3.8, 4) is 0 Å². The lowest BCUT2D eigenvalue weighted by Crippen LogP contribution is -2.31. The van der Waals surface area contributed by atoms with Gasteiger partial charge in [0.05, 0.1) is 17.3 Å². The van der Waals surface area contributed by atoms with Crippen molar-refractivity contribution in [2.75, 3.05) is 0 Å². The van der Waals surface area contributed by atoms with Crippen LogP contribution >= 0.6 is 0 Å². The molecule has 0 aromatic rings. The van der Waals surface area contributed by atoms with Crippen molar-refractivity contribution in [3.63, 3.8) is 0 Å². The zero-order valence-electron chi connectivity index (χ0n) is 27.6. The van der Waals surface area contributed by atoms with Gasteiger partial charge in [0.25, 0.3) is 0 Å². The third kappa shape index (κ3) is 9.91. The molecule has 0 fully saturated rings. The molecule has 0 aromatic heterocycles. The van der Waals surface area contributed by atoms with E-state index in [4.69, 9.17) is 11.4 Å². The highest BCUT2D eigenvalue weighted by Gasteiger charge is 2.45. The molecular weight excluding hydrogens is 519 g/mol. The highest BCUT2D eigenvalue weighted by Crippen LogP contribution is 2.34. The van der Waals surface area contributed by atoms with Crippen molar-refractivity contribution < 1.29 is 25.7 Å². The van der Waals surface area contributed by atoms with Gasteiger partial charge in [-0.05, 0) is 78.6 Å². The summed E-state index contributed by atoms with van der Waals surface area (Å²) < 4.78 is 18.3. The molecule has 40 heavy (non-hydrogen) atoms. The number of carbonyl (C=O) groups excluding carboxylic acids is 3. The van der Waals surface area contributed by atoms with Crippen LogP contribution in [0.25, 0.3) is 0 Å². The molecule has 7 heteroatoms. The summed E-state index contributed by atoms with van der Waals surface area (Å²) in [6.45, 7) is 23.4. The van der Waals surface area contributed by atoms with Gasteiger partial charge in [-0.25, -0.2) is 0 Å². The van der Waals surface area contributed by atoms with Crippen molar-refractivity contribution in [3.05, 3.63) is 35.5 Å². The average molecular weight is 577 g/mol. The Morgan fingerprint density at radius 2 is 0.625 bits per heavy atom. The Balaban J connectivity index is 6.28. The van der Waals surface area contributed by atoms with E-state index < -0.39 is 31.4 Å². The first-order valence-corrected chi connectivity index (χ1v) is 16.9. The lowest BCUT2D eigenvalue weighted by atomic mass is 9.76. The Morgan fingerprint density at radius 1 is 0.450 bits per heavy atom. The topological polar surface area (TPSA) is 78.9 Å². The van der Waals surface area contributed by atoms with E-state index >= 15 is 0 Å². The summed E-state index contributed by atoms with van der Waals surface area (Å²) in [5.41, 5.74) is -1.29. The van der Waals surface area contributed by atoms with E-state index in [0.717, 1.165) is 57.8 Å². The number of hydrogen-bond donors (Lipinski definition) is 0. The highest BCUT2D eigenvalue weighted by molar-refractivity contribution is 6.37. The lowest BCUT2D eigenvalue weighted by Gasteiger charge is -2.28. The molecule has 0 aliphatic carbocycles. The van der Waals surface area contributed by atoms with E-state index in [9.17, 15) is 14.4 Å². The van der Waals surface area contributed by atoms with Crippen LogP contribution in [0.4, 0.5) is 0 Å². The molecular formula is C33H57AlO6. The van der Waals surface area contributed by atoms with Gasteiger partial charge in [-0.2, -0.15) is 0 Å². The van der Waals surface area contributed by atoms with Gasteiger partial charge in [-0.3, -0.25) is 14.4 Å². The molecule has 228 valence electrons. The summed E-state index contributed by atoms with van der Waals surface area (Å²) in [4.78, 5) is 39.5. The van der Waals surface area contributed by atoms with Gasteiger partial charge >= 0.3 is 15.1 Å². The second-order valence-corrected chi connectivity index (χ2v) is 12.3. The SMILES string of the molecule is CCC(CC)(CC)C(=O)/C=C(/C)[O][Al]([O]/C(C)=C\C(=O)C(CC)(CC)CC)[O]/C(C)=C\C(=O)C(CC)(CC)CC. The van der Waals surface area contributed by atoms with Crippen LogP contribution in [0.5, 0.6) is 0 Å². The molecule has 0 saturated carbocycles. The minimum Gasteiger partial charge on any atom is -0.580 e. The number of allylic oxidation sites excluding steroid dienone is 6. The van der Waals surface area contributed by atoms with Crippen LogP contribution in [0.3, 0.4) is 0 Å². The summed E-state index contributed by atoms with van der Waals surface area (Å²) in [5.74, 6) is 1.26. The summed E-state index contributed by atoms with van der Waals surface area (Å²) in [6, 6.07) is 0. The van der Waals surface area contributed by atoms with Gasteiger partial charge in [0.2, 0.25) is 0 Å². The standard InChI is InChI=1S/3C11H20O2.Al/c3*1-5-11(6-2,7-3)10(13)8-9(4)12;/h3*8,12H,5-7H2,1-4H3;/q;;;+3/p-3/b3*9-8-;. The normalized spacial score (nSPS) is 13.7. The molecule has 0 N–H and O–H groups in total. The second kappa shape index (κ2) is 17.9. The van der Waals surface area contributed by atoms with Crippen molar-refractivity contribution >= 4 is 32.5 Å². The van der Waals surface area contributed by atoms with Crippen LogP contribution in [-0.4, -0.2) is 32.5 Å². The minimum atomic E-state index is -2.99. The van der Waals surface area contributed by atoms with Gasteiger partial charge in [0.1, 0.15) is 0 Å². The van der Waals surface area contributed by atoms with Crippen LogP contribution in [0.15, 0.2) is 35.5 Å². The maximum absolute atomic E-state index is 13.2. The largest absolute Gasteiger partial charge is 1.20 e. The molecule has 0 amide bonds. The number of ketones is 3. The molecule has 6 nitrogen and oxygen atoms in total. The van der Waals surface area contributed by atoms with Gasteiger partial charge in [-0.1, -0.05) is 62.3 Å². The fourth-order valence-corrected chi connectivity index (χ4v) is 6.72. The van der Waals surface area contributed by atoms with Gasteiger partial charge in [0, 0.05) is 34.5 Å². The molecule has 0 atom stereocenters. The third-order valence-corrected chi connectivity index (χ3v) is 11.2. The van der Waals surface area contributed by atoms with Gasteiger partial charge in [-0.15, -0.1) is 0 Å². The van der Waals surface area contributed by atoms with Crippen LogP contribution < -0.4 is 0 Å². The third-order valence-electron chi connectivity index (χ3n) is 9.51. The van der Waals surface area contributed by atoms with Crippen LogP contribution in [0, 0.1) is 16.2 Å². The Hall–Kier alpha value is -1.84. The van der Waals surface area contributed by atoms with E-state index in [2.05, 4.69) is 0 Å². The Kier molecular flexibility index (Phi) is 17.0. The molecule has 0 spiro atoms. The summed E-state index contributed by atoms with van der Waals surface area (Å²) in [6.07, 6.45) is 11.3. The Labute approximate surface area is 250 Å². The van der Waals surface area contributed by atoms with E-state index in [1.165, 1.54) is 18.2 Å². The van der Waals surface area contributed by atoms with Crippen molar-refractivity contribution in [2.45, 2.75) is 141 Å². The van der Waals surface area contributed by atoms with Crippen molar-refractivity contribution in [1.29, 1.82) is 0 Å². The van der Waals surface area contributed by atoms with Crippen molar-refractivity contribution in [2.24, 2.45) is 16.2 Å². The van der Waals surface area contributed by atoms with Gasteiger partial charge in [0.15, 0.2) is 17.3 Å². The molecule has 0 aromatic carbocycles. The first kappa shape index (κ1) is 38.2. The maximum Gasteiger partial charge on any atom is 1.20 e. The monoisotopic (exact) mass is 576 g/mol. The van der Waals surface area contributed by atoms with E-state index in [1.807, 2.05) is 62.3 Å². The number of rotatable bonds is 21. The molecule has 0 aliphatic heterocycles. The second-order valence-electron chi connectivity index (χ2n) is 11.0. The minimum absolute atomic E-state index is 0.0207. The quantitative estimate of drug-likeness (QED) is 0.0770. The summed E-state index contributed by atoms with van der Waals surface area (Å²) in [7, 11) is 0. The first-order valence-electron chi connectivity index (χ1n) is 15.5. The predicted molar refractivity (Wildman–Crippen MR) is 165 cm³/mol. The van der Waals surface area contributed by atoms with E-state index in [0.29, 0.717) is 17.3 Å². The van der Waals surface area contributed by atoms with Crippen LogP contribution in [0.2, 0.25) is 0 Å². The Morgan fingerprint density at radius 3 is 0.775 bits per heavy atom. The molecule has 0 bridgehead atoms. The molecule has 0 saturated heterocycles. The lowest BCUT2D eigenvalue weighted by molar-refractivity contribution is -0.125. The van der Waals surface area contributed by atoms with Gasteiger partial charge < -0.3 is 11.4 Å². The number of hydrogen-bond acceptors (Lipinski definition) is 6. The fourth-order valence-electron chi connectivity index (χ4n) is 5.46. The molecule has 0 unspecified atom stereocenters. The highest BCUT2D eigenvalue weighted by atomic mass is 27.3. The summed E-state index contributed by atoms with van der Waals surface area (Å²) >= 11 is -2.99. The predicted octanol–water partition coefficient (Wildman–Crippen LogP) is 9.09.